The Labute approximate surface area is 92.0 Å². The van der Waals surface area contributed by atoms with Gasteiger partial charge in [-0.2, -0.15) is 5.26 Å². The summed E-state index contributed by atoms with van der Waals surface area (Å²) in [5.74, 6) is 0.374. The molecule has 0 aliphatic heterocycles. The minimum Gasteiger partial charge on any atom is -0.299 e. The van der Waals surface area contributed by atoms with Crippen LogP contribution in [0.25, 0.3) is 0 Å². The molecule has 0 aromatic carbocycles. The topological polar surface area (TPSA) is 40.9 Å². The Kier molecular flexibility index (Phi) is 5.10. The predicted molar refractivity (Wildman–Crippen MR) is 60.1 cm³/mol. The highest BCUT2D eigenvalue weighted by molar-refractivity contribution is 5.81. The summed E-state index contributed by atoms with van der Waals surface area (Å²) in [6, 6.07) is 2.18. The molecule has 1 unspecified atom stereocenters. The molecule has 0 saturated heterocycles. The number of nitrogens with zero attached hydrogens (tertiary/aromatic N) is 1. The van der Waals surface area contributed by atoms with Crippen molar-refractivity contribution in [1.82, 2.24) is 0 Å². The van der Waals surface area contributed by atoms with E-state index in [1.54, 1.807) is 6.08 Å². The van der Waals surface area contributed by atoms with Crippen LogP contribution in [-0.4, -0.2) is 5.78 Å². The normalized spacial score (nSPS) is 19.1. The van der Waals surface area contributed by atoms with E-state index >= 15 is 0 Å². The van der Waals surface area contributed by atoms with Gasteiger partial charge in [0, 0.05) is 12.3 Å². The number of hydrogen-bond donors (Lipinski definition) is 0. The van der Waals surface area contributed by atoms with Crippen molar-refractivity contribution < 1.29 is 4.79 Å². The molecule has 2 nitrogen and oxygen atoms in total. The Morgan fingerprint density at radius 1 is 1.47 bits per heavy atom. The molecule has 1 rings (SSSR count). The van der Waals surface area contributed by atoms with E-state index in [2.05, 4.69) is 12.6 Å². The average Bonchev–Trinajstić information content (AvgIpc) is 2.29. The molecule has 2 heteroatoms. The molecule has 0 bridgehead atoms. The van der Waals surface area contributed by atoms with Gasteiger partial charge < -0.3 is 0 Å². The van der Waals surface area contributed by atoms with Gasteiger partial charge in [-0.15, -0.1) is 6.58 Å². The zero-order valence-corrected chi connectivity index (χ0v) is 9.24. The summed E-state index contributed by atoms with van der Waals surface area (Å²) in [6.45, 7) is 3.61. The van der Waals surface area contributed by atoms with Gasteiger partial charge in [0.1, 0.15) is 5.78 Å². The van der Waals surface area contributed by atoms with Crippen molar-refractivity contribution in [2.24, 2.45) is 11.8 Å². The molecule has 1 saturated carbocycles. The highest BCUT2D eigenvalue weighted by Gasteiger charge is 2.23. The SMILES string of the molecule is C=CCC(C#N)CC(=O)C1CCCCC1. The van der Waals surface area contributed by atoms with Crippen molar-refractivity contribution in [2.75, 3.05) is 0 Å². The number of nitriles is 1. The maximum absolute atomic E-state index is 11.9. The van der Waals surface area contributed by atoms with Crippen LogP contribution in [0.4, 0.5) is 0 Å². The molecule has 15 heavy (non-hydrogen) atoms. The summed E-state index contributed by atoms with van der Waals surface area (Å²) in [4.78, 5) is 11.9. The Hall–Kier alpha value is -1.10. The second kappa shape index (κ2) is 6.40. The van der Waals surface area contributed by atoms with Crippen molar-refractivity contribution >= 4 is 5.78 Å². The maximum Gasteiger partial charge on any atom is 0.137 e. The highest BCUT2D eigenvalue weighted by atomic mass is 16.1. The number of allylic oxidation sites excluding steroid dienone is 1. The summed E-state index contributed by atoms with van der Waals surface area (Å²) in [5.41, 5.74) is 0. The fourth-order valence-electron chi connectivity index (χ4n) is 2.22. The molecule has 1 aliphatic carbocycles. The van der Waals surface area contributed by atoms with Gasteiger partial charge in [-0.05, 0) is 19.3 Å². The molecule has 0 aromatic heterocycles. The van der Waals surface area contributed by atoms with Gasteiger partial charge in [0.25, 0.3) is 0 Å². The summed E-state index contributed by atoms with van der Waals surface area (Å²) in [7, 11) is 0. The summed E-state index contributed by atoms with van der Waals surface area (Å²) in [6.07, 6.45) is 8.46. The zero-order chi connectivity index (χ0) is 11.1. The van der Waals surface area contributed by atoms with Gasteiger partial charge in [0.2, 0.25) is 0 Å². The molecule has 1 aliphatic rings. The minimum atomic E-state index is -0.156. The molecule has 1 fully saturated rings. The van der Waals surface area contributed by atoms with E-state index in [4.69, 9.17) is 5.26 Å². The summed E-state index contributed by atoms with van der Waals surface area (Å²) >= 11 is 0. The molecule has 0 heterocycles. The van der Waals surface area contributed by atoms with Gasteiger partial charge in [-0.25, -0.2) is 0 Å². The van der Waals surface area contributed by atoms with Gasteiger partial charge >= 0.3 is 0 Å². The van der Waals surface area contributed by atoms with E-state index in [0.717, 1.165) is 12.8 Å². The van der Waals surface area contributed by atoms with E-state index in [1.165, 1.54) is 19.3 Å². The average molecular weight is 205 g/mol. The number of Topliss-reactive ketones (excluding diaryl/α,β-unsaturated/α-hetero) is 1. The molecule has 0 radical (unpaired) electrons. The van der Waals surface area contributed by atoms with Crippen LogP contribution >= 0.6 is 0 Å². The summed E-state index contributed by atoms with van der Waals surface area (Å²) in [5, 5.41) is 8.85. The van der Waals surface area contributed by atoms with E-state index < -0.39 is 0 Å². The van der Waals surface area contributed by atoms with Crippen LogP contribution in [0.2, 0.25) is 0 Å². The highest BCUT2D eigenvalue weighted by Crippen LogP contribution is 2.26. The predicted octanol–water partition coefficient (Wildman–Crippen LogP) is 3.24. The van der Waals surface area contributed by atoms with Crippen LogP contribution in [0, 0.1) is 23.2 Å². The Balaban J connectivity index is 2.39. The first kappa shape index (κ1) is 12.0. The van der Waals surface area contributed by atoms with Crippen LogP contribution in [0.3, 0.4) is 0 Å². The molecule has 0 N–H and O–H groups in total. The summed E-state index contributed by atoms with van der Waals surface area (Å²) < 4.78 is 0. The van der Waals surface area contributed by atoms with Gasteiger partial charge in [-0.1, -0.05) is 25.3 Å². The monoisotopic (exact) mass is 205 g/mol. The second-order valence-corrected chi connectivity index (χ2v) is 4.36. The lowest BCUT2D eigenvalue weighted by Gasteiger charge is -2.20. The maximum atomic E-state index is 11.9. The van der Waals surface area contributed by atoms with Crippen molar-refractivity contribution in [3.05, 3.63) is 12.7 Å². The first-order valence-electron chi connectivity index (χ1n) is 5.81. The number of carbonyl (C=O) groups is 1. The Bertz CT molecular complexity index is 258. The third-order valence-corrected chi connectivity index (χ3v) is 3.14. The lowest BCUT2D eigenvalue weighted by atomic mass is 9.83. The van der Waals surface area contributed by atoms with Crippen LogP contribution in [-0.2, 0) is 4.79 Å². The van der Waals surface area contributed by atoms with E-state index in [0.29, 0.717) is 18.6 Å². The van der Waals surface area contributed by atoms with Crippen molar-refractivity contribution in [2.45, 2.75) is 44.9 Å². The molecule has 0 spiro atoms. The largest absolute Gasteiger partial charge is 0.299 e. The standard InChI is InChI=1S/C13H19NO/c1-2-6-11(10-14)9-13(15)12-7-4-3-5-8-12/h2,11-12H,1,3-9H2. The number of hydrogen-bond acceptors (Lipinski definition) is 2. The molecular weight excluding hydrogens is 186 g/mol. The fraction of sp³-hybridized carbons (Fsp3) is 0.692. The van der Waals surface area contributed by atoms with Gasteiger partial charge in [0.15, 0.2) is 0 Å². The Morgan fingerprint density at radius 2 is 2.13 bits per heavy atom. The quantitative estimate of drug-likeness (QED) is 0.646. The smallest absolute Gasteiger partial charge is 0.137 e. The molecule has 0 aromatic rings. The van der Waals surface area contributed by atoms with Crippen molar-refractivity contribution in [3.63, 3.8) is 0 Å². The number of ketones is 1. The first-order valence-corrected chi connectivity index (χ1v) is 5.81. The van der Waals surface area contributed by atoms with Crippen LogP contribution in [0.15, 0.2) is 12.7 Å². The van der Waals surface area contributed by atoms with Crippen LogP contribution in [0.1, 0.15) is 44.9 Å². The van der Waals surface area contributed by atoms with E-state index in [1.807, 2.05) is 0 Å². The molecular formula is C13H19NO. The molecule has 1 atom stereocenters. The van der Waals surface area contributed by atoms with Crippen molar-refractivity contribution in [1.29, 1.82) is 5.26 Å². The second-order valence-electron chi connectivity index (χ2n) is 4.36. The fourth-order valence-corrected chi connectivity index (χ4v) is 2.22. The van der Waals surface area contributed by atoms with E-state index in [-0.39, 0.29) is 11.8 Å². The lowest BCUT2D eigenvalue weighted by molar-refractivity contribution is -0.124. The molecule has 0 amide bonds. The van der Waals surface area contributed by atoms with Gasteiger partial charge in [-0.3, -0.25) is 4.79 Å². The number of rotatable bonds is 5. The number of carbonyl (C=O) groups excluding carboxylic acids is 1. The first-order chi connectivity index (χ1) is 7.27. The van der Waals surface area contributed by atoms with Crippen LogP contribution < -0.4 is 0 Å². The third-order valence-electron chi connectivity index (χ3n) is 3.14. The third kappa shape index (κ3) is 3.87. The zero-order valence-electron chi connectivity index (χ0n) is 9.24. The van der Waals surface area contributed by atoms with Crippen molar-refractivity contribution in [3.8, 4) is 6.07 Å². The van der Waals surface area contributed by atoms with E-state index in [9.17, 15) is 4.79 Å². The Morgan fingerprint density at radius 3 is 2.67 bits per heavy atom. The van der Waals surface area contributed by atoms with Gasteiger partial charge in [0.05, 0.1) is 12.0 Å². The molecule has 82 valence electrons. The minimum absolute atomic E-state index is 0.156. The van der Waals surface area contributed by atoms with Crippen LogP contribution in [0.5, 0.6) is 0 Å². The lowest BCUT2D eigenvalue weighted by Crippen LogP contribution is -2.20.